The molecule has 1 N–H and O–H groups in total. The minimum absolute atomic E-state index is 0.197. The first-order chi connectivity index (χ1) is 15.2. The molecule has 0 unspecified atom stereocenters. The van der Waals surface area contributed by atoms with E-state index in [0.717, 1.165) is 16.7 Å². The van der Waals surface area contributed by atoms with Crippen LogP contribution in [0.25, 0.3) is 6.08 Å². The van der Waals surface area contributed by atoms with Crippen molar-refractivity contribution in [3.63, 3.8) is 0 Å². The highest BCUT2D eigenvalue weighted by Crippen LogP contribution is 2.28. The highest BCUT2D eigenvalue weighted by atomic mass is 16.5. The molecule has 6 nitrogen and oxygen atoms in total. The number of carbonyl (C=O) groups is 1. The van der Waals surface area contributed by atoms with E-state index < -0.39 is 0 Å². The molecule has 1 amide bonds. The zero-order valence-corrected chi connectivity index (χ0v) is 17.7. The number of pyridine rings is 1. The lowest BCUT2D eigenvalue weighted by Gasteiger charge is -2.09. The van der Waals surface area contributed by atoms with E-state index in [1.807, 2.05) is 67.6 Å². The molecule has 6 heteroatoms. The number of nitrogens with zero attached hydrogens (tertiary/aromatic N) is 1. The van der Waals surface area contributed by atoms with Gasteiger partial charge in [-0.1, -0.05) is 36.4 Å². The van der Waals surface area contributed by atoms with Crippen molar-refractivity contribution >= 4 is 12.0 Å². The molecule has 0 atom stereocenters. The van der Waals surface area contributed by atoms with Gasteiger partial charge in [-0.2, -0.15) is 0 Å². The van der Waals surface area contributed by atoms with Gasteiger partial charge in [-0.15, -0.1) is 0 Å². The molecule has 3 rings (SSSR count). The van der Waals surface area contributed by atoms with Crippen molar-refractivity contribution in [2.75, 3.05) is 13.7 Å². The van der Waals surface area contributed by atoms with Gasteiger partial charge in [0.25, 0.3) is 0 Å². The van der Waals surface area contributed by atoms with Crippen LogP contribution in [0.1, 0.15) is 23.6 Å². The van der Waals surface area contributed by atoms with Gasteiger partial charge in [0.2, 0.25) is 11.8 Å². The van der Waals surface area contributed by atoms with Gasteiger partial charge in [-0.25, -0.2) is 4.98 Å². The lowest BCUT2D eigenvalue weighted by molar-refractivity contribution is -0.116. The third kappa shape index (κ3) is 6.89. The van der Waals surface area contributed by atoms with Crippen LogP contribution in [0.2, 0.25) is 0 Å². The quantitative estimate of drug-likeness (QED) is 0.494. The first kappa shape index (κ1) is 21.9. The van der Waals surface area contributed by atoms with Gasteiger partial charge in [0, 0.05) is 24.9 Å². The summed E-state index contributed by atoms with van der Waals surface area (Å²) in [4.78, 5) is 16.4. The topological polar surface area (TPSA) is 69.7 Å². The zero-order chi connectivity index (χ0) is 21.9. The van der Waals surface area contributed by atoms with E-state index in [1.165, 1.54) is 6.08 Å². The molecule has 0 aliphatic heterocycles. The van der Waals surface area contributed by atoms with Crippen molar-refractivity contribution in [3.05, 3.63) is 89.6 Å². The van der Waals surface area contributed by atoms with E-state index in [-0.39, 0.29) is 5.91 Å². The molecule has 0 saturated carbocycles. The fraction of sp³-hybridized carbons (Fsp3) is 0.200. The van der Waals surface area contributed by atoms with Crippen LogP contribution in [0.15, 0.2) is 72.9 Å². The molecular weight excluding hydrogens is 392 g/mol. The Labute approximate surface area is 182 Å². The van der Waals surface area contributed by atoms with Crippen LogP contribution >= 0.6 is 0 Å². The van der Waals surface area contributed by atoms with Crippen LogP contribution in [-0.4, -0.2) is 24.6 Å². The molecule has 0 aliphatic carbocycles. The monoisotopic (exact) mass is 418 g/mol. The fourth-order valence-corrected chi connectivity index (χ4v) is 2.86. The van der Waals surface area contributed by atoms with Crippen molar-refractivity contribution in [1.82, 2.24) is 10.3 Å². The van der Waals surface area contributed by atoms with Gasteiger partial charge in [-0.3, -0.25) is 4.79 Å². The highest BCUT2D eigenvalue weighted by Gasteiger charge is 2.05. The number of amides is 1. The Morgan fingerprint density at radius 1 is 1.00 bits per heavy atom. The average Bonchev–Trinajstić information content (AvgIpc) is 2.81. The summed E-state index contributed by atoms with van der Waals surface area (Å²) in [6, 6.07) is 19.1. The van der Waals surface area contributed by atoms with E-state index in [0.29, 0.717) is 37.1 Å². The molecule has 2 aromatic carbocycles. The summed E-state index contributed by atoms with van der Waals surface area (Å²) >= 11 is 0. The smallest absolute Gasteiger partial charge is 0.244 e. The lowest BCUT2D eigenvalue weighted by atomic mass is 10.2. The van der Waals surface area contributed by atoms with Crippen molar-refractivity contribution in [2.45, 2.75) is 20.1 Å². The van der Waals surface area contributed by atoms with Gasteiger partial charge in [-0.05, 0) is 47.9 Å². The molecule has 1 heterocycles. The van der Waals surface area contributed by atoms with Crippen LogP contribution in [0.4, 0.5) is 0 Å². The Morgan fingerprint density at radius 2 is 1.84 bits per heavy atom. The Bertz CT molecular complexity index is 1020. The Kier molecular flexibility index (Phi) is 8.05. The second-order valence-electron chi connectivity index (χ2n) is 6.67. The van der Waals surface area contributed by atoms with E-state index in [2.05, 4.69) is 10.3 Å². The summed E-state index contributed by atoms with van der Waals surface area (Å²) in [5.74, 6) is 1.63. The molecule has 1 aromatic heterocycles. The van der Waals surface area contributed by atoms with Crippen molar-refractivity contribution < 1.29 is 19.0 Å². The van der Waals surface area contributed by atoms with Gasteiger partial charge < -0.3 is 19.5 Å². The maximum Gasteiger partial charge on any atom is 0.244 e. The minimum atomic E-state index is -0.197. The number of hydrogen-bond acceptors (Lipinski definition) is 5. The third-order valence-electron chi connectivity index (χ3n) is 4.41. The predicted octanol–water partition coefficient (Wildman–Crippen LogP) is 4.40. The van der Waals surface area contributed by atoms with E-state index in [4.69, 9.17) is 14.2 Å². The zero-order valence-electron chi connectivity index (χ0n) is 17.7. The Morgan fingerprint density at radius 3 is 2.61 bits per heavy atom. The number of carbonyl (C=O) groups excluding carboxylic acids is 1. The van der Waals surface area contributed by atoms with Crippen molar-refractivity contribution in [2.24, 2.45) is 0 Å². The van der Waals surface area contributed by atoms with Crippen LogP contribution in [0.3, 0.4) is 0 Å². The van der Waals surface area contributed by atoms with Gasteiger partial charge in [0.1, 0.15) is 6.61 Å². The SMILES string of the molecule is CCOc1cc(/C=C/C(=O)NCc2ccnc(OCc3ccccc3)c2)ccc1OC. The van der Waals surface area contributed by atoms with Crippen LogP contribution in [0, 0.1) is 0 Å². The molecular formula is C25H26N2O4. The summed E-state index contributed by atoms with van der Waals surface area (Å²) in [5.41, 5.74) is 2.82. The molecule has 0 saturated heterocycles. The maximum absolute atomic E-state index is 12.2. The normalized spacial score (nSPS) is 10.6. The maximum atomic E-state index is 12.2. The number of nitrogens with one attached hydrogen (secondary N) is 1. The fourth-order valence-electron chi connectivity index (χ4n) is 2.86. The van der Waals surface area contributed by atoms with Crippen LogP contribution in [0.5, 0.6) is 17.4 Å². The minimum Gasteiger partial charge on any atom is -0.493 e. The van der Waals surface area contributed by atoms with Gasteiger partial charge >= 0.3 is 0 Å². The summed E-state index contributed by atoms with van der Waals surface area (Å²) in [7, 11) is 1.60. The molecule has 160 valence electrons. The number of aromatic nitrogens is 1. The standard InChI is InChI=1S/C25H26N2O4/c1-3-30-23-15-19(9-11-22(23)29-2)10-12-24(28)27-17-21-13-14-26-25(16-21)31-18-20-7-5-4-6-8-20/h4-16H,3,17-18H2,1-2H3,(H,27,28)/b12-10+. The molecule has 3 aromatic rings. The first-order valence-electron chi connectivity index (χ1n) is 10.1. The van der Waals surface area contributed by atoms with Gasteiger partial charge in [0.05, 0.1) is 13.7 Å². The number of rotatable bonds is 10. The first-order valence-corrected chi connectivity index (χ1v) is 10.1. The molecule has 31 heavy (non-hydrogen) atoms. The number of hydrogen-bond donors (Lipinski definition) is 1. The van der Waals surface area contributed by atoms with E-state index in [9.17, 15) is 4.79 Å². The van der Waals surface area contributed by atoms with Crippen LogP contribution < -0.4 is 19.5 Å². The summed E-state index contributed by atoms with van der Waals surface area (Å²) in [6.45, 7) is 3.26. The average molecular weight is 418 g/mol. The van der Waals surface area contributed by atoms with Crippen molar-refractivity contribution in [1.29, 1.82) is 0 Å². The molecule has 0 spiro atoms. The van der Waals surface area contributed by atoms with E-state index >= 15 is 0 Å². The molecule has 0 bridgehead atoms. The van der Waals surface area contributed by atoms with Gasteiger partial charge in [0.15, 0.2) is 11.5 Å². The van der Waals surface area contributed by atoms with E-state index in [1.54, 1.807) is 19.4 Å². The number of benzene rings is 2. The second-order valence-corrected chi connectivity index (χ2v) is 6.67. The lowest BCUT2D eigenvalue weighted by Crippen LogP contribution is -2.20. The number of ether oxygens (including phenoxy) is 3. The third-order valence-corrected chi connectivity index (χ3v) is 4.41. The predicted molar refractivity (Wildman–Crippen MR) is 120 cm³/mol. The highest BCUT2D eigenvalue weighted by molar-refractivity contribution is 5.91. The molecule has 0 fully saturated rings. The van der Waals surface area contributed by atoms with Crippen LogP contribution in [-0.2, 0) is 17.9 Å². The molecule has 0 aliphatic rings. The Hall–Kier alpha value is -3.80. The molecule has 0 radical (unpaired) electrons. The summed E-state index contributed by atoms with van der Waals surface area (Å²) in [5, 5.41) is 2.87. The number of methoxy groups -OCH3 is 1. The summed E-state index contributed by atoms with van der Waals surface area (Å²) < 4.78 is 16.6. The second kappa shape index (κ2) is 11.4. The summed E-state index contributed by atoms with van der Waals surface area (Å²) in [6.07, 6.45) is 4.90. The Balaban J connectivity index is 1.53. The van der Waals surface area contributed by atoms with Crippen molar-refractivity contribution in [3.8, 4) is 17.4 Å². The largest absolute Gasteiger partial charge is 0.493 e.